The maximum absolute atomic E-state index is 12.7. The van der Waals surface area contributed by atoms with E-state index in [-0.39, 0.29) is 29.7 Å². The molecule has 2 aliphatic rings. The SMILES string of the molecule is Nc1nc(C2CC2)ncc1C(=O)N1CCN(Cc2ccc(Cl)cc2)C(=O)C1. The number of benzene rings is 1. The molecule has 1 saturated heterocycles. The number of anilines is 1. The van der Waals surface area contributed by atoms with Crippen molar-refractivity contribution in [2.75, 3.05) is 25.4 Å². The Morgan fingerprint density at radius 3 is 2.59 bits per heavy atom. The van der Waals surface area contributed by atoms with E-state index in [9.17, 15) is 9.59 Å². The van der Waals surface area contributed by atoms with Crippen LogP contribution in [0.2, 0.25) is 5.02 Å². The summed E-state index contributed by atoms with van der Waals surface area (Å²) in [5.41, 5.74) is 7.23. The van der Waals surface area contributed by atoms with Crippen LogP contribution in [-0.2, 0) is 11.3 Å². The third-order valence-corrected chi connectivity index (χ3v) is 5.15. The van der Waals surface area contributed by atoms with Crippen molar-refractivity contribution in [3.05, 3.63) is 52.4 Å². The summed E-state index contributed by atoms with van der Waals surface area (Å²) >= 11 is 5.89. The summed E-state index contributed by atoms with van der Waals surface area (Å²) in [5, 5.41) is 0.660. The number of amides is 2. The molecule has 1 saturated carbocycles. The van der Waals surface area contributed by atoms with Gasteiger partial charge in [-0.1, -0.05) is 23.7 Å². The summed E-state index contributed by atoms with van der Waals surface area (Å²) in [6.07, 6.45) is 3.62. The fraction of sp³-hybridized carbons (Fsp3) is 0.368. The molecule has 0 unspecified atom stereocenters. The second kappa shape index (κ2) is 7.15. The van der Waals surface area contributed by atoms with E-state index in [0.717, 1.165) is 18.4 Å². The molecule has 4 rings (SSSR count). The highest BCUT2D eigenvalue weighted by atomic mass is 35.5. The van der Waals surface area contributed by atoms with Crippen molar-refractivity contribution in [2.24, 2.45) is 0 Å². The molecular weight excluding hydrogens is 366 g/mol. The number of carbonyl (C=O) groups is 2. The van der Waals surface area contributed by atoms with Gasteiger partial charge in [-0.2, -0.15) is 0 Å². The predicted octanol–water partition coefficient (Wildman–Crippen LogP) is 2.07. The Kier molecular flexibility index (Phi) is 4.70. The minimum atomic E-state index is -0.297. The van der Waals surface area contributed by atoms with Gasteiger partial charge < -0.3 is 15.5 Å². The number of halogens is 1. The van der Waals surface area contributed by atoms with Crippen molar-refractivity contribution in [1.82, 2.24) is 19.8 Å². The van der Waals surface area contributed by atoms with E-state index in [0.29, 0.717) is 36.4 Å². The van der Waals surface area contributed by atoms with Gasteiger partial charge in [0.05, 0.1) is 0 Å². The molecule has 2 fully saturated rings. The summed E-state index contributed by atoms with van der Waals surface area (Å²) in [6.45, 7) is 1.44. The number of hydrogen-bond donors (Lipinski definition) is 1. The molecule has 1 aliphatic carbocycles. The van der Waals surface area contributed by atoms with Crippen LogP contribution in [-0.4, -0.2) is 51.2 Å². The zero-order valence-corrected chi connectivity index (χ0v) is 15.5. The average Bonchev–Trinajstić information content (AvgIpc) is 3.50. The number of piperazine rings is 1. The summed E-state index contributed by atoms with van der Waals surface area (Å²) in [7, 11) is 0. The van der Waals surface area contributed by atoms with Gasteiger partial charge in [-0.3, -0.25) is 9.59 Å². The van der Waals surface area contributed by atoms with Gasteiger partial charge in [0, 0.05) is 36.8 Å². The molecule has 0 spiro atoms. The van der Waals surface area contributed by atoms with Crippen LogP contribution >= 0.6 is 11.6 Å². The quantitative estimate of drug-likeness (QED) is 0.869. The van der Waals surface area contributed by atoms with Gasteiger partial charge in [-0.05, 0) is 30.5 Å². The Labute approximate surface area is 162 Å². The molecule has 0 atom stereocenters. The van der Waals surface area contributed by atoms with Crippen molar-refractivity contribution in [2.45, 2.75) is 25.3 Å². The average molecular weight is 386 g/mol. The number of hydrogen-bond acceptors (Lipinski definition) is 5. The van der Waals surface area contributed by atoms with Gasteiger partial charge in [0.25, 0.3) is 5.91 Å². The van der Waals surface area contributed by atoms with Crippen LogP contribution in [0.5, 0.6) is 0 Å². The number of nitrogen functional groups attached to an aromatic ring is 1. The maximum Gasteiger partial charge on any atom is 0.259 e. The first-order chi connectivity index (χ1) is 13.0. The molecule has 140 valence electrons. The second-order valence-corrected chi connectivity index (χ2v) is 7.41. The van der Waals surface area contributed by atoms with Crippen molar-refractivity contribution in [3.63, 3.8) is 0 Å². The Bertz CT molecular complexity index is 882. The first-order valence-electron chi connectivity index (χ1n) is 8.95. The van der Waals surface area contributed by atoms with E-state index in [1.54, 1.807) is 17.0 Å². The highest BCUT2D eigenvalue weighted by molar-refractivity contribution is 6.30. The first-order valence-corrected chi connectivity index (χ1v) is 9.33. The Morgan fingerprint density at radius 1 is 1.22 bits per heavy atom. The van der Waals surface area contributed by atoms with Gasteiger partial charge in [0.2, 0.25) is 5.91 Å². The lowest BCUT2D eigenvalue weighted by Crippen LogP contribution is -2.51. The van der Waals surface area contributed by atoms with Gasteiger partial charge in [0.15, 0.2) is 0 Å². The zero-order chi connectivity index (χ0) is 19.0. The van der Waals surface area contributed by atoms with E-state index in [2.05, 4.69) is 9.97 Å². The topological polar surface area (TPSA) is 92.4 Å². The van der Waals surface area contributed by atoms with Gasteiger partial charge >= 0.3 is 0 Å². The molecule has 0 radical (unpaired) electrons. The van der Waals surface area contributed by atoms with Crippen LogP contribution in [0.15, 0.2) is 30.5 Å². The molecule has 8 heteroatoms. The normalized spacial score (nSPS) is 17.3. The lowest BCUT2D eigenvalue weighted by molar-refractivity contribution is -0.135. The summed E-state index contributed by atoms with van der Waals surface area (Å²) in [5.74, 6) is 0.864. The molecule has 2 amide bonds. The zero-order valence-electron chi connectivity index (χ0n) is 14.8. The van der Waals surface area contributed by atoms with Crippen LogP contribution in [0.3, 0.4) is 0 Å². The Morgan fingerprint density at radius 2 is 1.96 bits per heavy atom. The van der Waals surface area contributed by atoms with E-state index in [1.165, 1.54) is 11.1 Å². The van der Waals surface area contributed by atoms with E-state index < -0.39 is 0 Å². The number of nitrogens with two attached hydrogens (primary N) is 1. The van der Waals surface area contributed by atoms with E-state index >= 15 is 0 Å². The standard InChI is InChI=1S/C19H20ClN5O2/c20-14-5-1-12(2-6-14)10-24-7-8-25(11-16(24)26)19(27)15-9-22-18(13-3-4-13)23-17(15)21/h1-2,5-6,9,13H,3-4,7-8,10-11H2,(H2,21,22,23). The molecule has 1 aromatic carbocycles. The van der Waals surface area contributed by atoms with Crippen LogP contribution in [0.4, 0.5) is 5.82 Å². The van der Waals surface area contributed by atoms with E-state index in [1.807, 2.05) is 12.1 Å². The van der Waals surface area contributed by atoms with Crippen molar-refractivity contribution >= 4 is 29.2 Å². The van der Waals surface area contributed by atoms with Crippen LogP contribution < -0.4 is 5.73 Å². The van der Waals surface area contributed by atoms with Crippen LogP contribution in [0, 0.1) is 0 Å². The highest BCUT2D eigenvalue weighted by Gasteiger charge is 2.31. The smallest absolute Gasteiger partial charge is 0.259 e. The molecule has 7 nitrogen and oxygen atoms in total. The van der Waals surface area contributed by atoms with Crippen LogP contribution in [0.1, 0.15) is 40.5 Å². The number of carbonyl (C=O) groups excluding carboxylic acids is 2. The lowest BCUT2D eigenvalue weighted by Gasteiger charge is -2.34. The number of rotatable bonds is 4. The monoisotopic (exact) mass is 385 g/mol. The Balaban J connectivity index is 1.40. The van der Waals surface area contributed by atoms with Crippen molar-refractivity contribution < 1.29 is 9.59 Å². The summed E-state index contributed by atoms with van der Waals surface area (Å²) in [6, 6.07) is 7.39. The maximum atomic E-state index is 12.7. The third kappa shape index (κ3) is 3.88. The molecule has 1 aliphatic heterocycles. The first kappa shape index (κ1) is 17.7. The molecular formula is C19H20ClN5O2. The van der Waals surface area contributed by atoms with E-state index in [4.69, 9.17) is 17.3 Å². The fourth-order valence-corrected chi connectivity index (χ4v) is 3.27. The number of aromatic nitrogens is 2. The summed E-state index contributed by atoms with van der Waals surface area (Å²) in [4.78, 5) is 37.0. The van der Waals surface area contributed by atoms with Crippen LogP contribution in [0.25, 0.3) is 0 Å². The highest BCUT2D eigenvalue weighted by Crippen LogP contribution is 2.38. The molecule has 2 N–H and O–H groups in total. The predicted molar refractivity (Wildman–Crippen MR) is 101 cm³/mol. The van der Waals surface area contributed by atoms with Gasteiger partial charge in [0.1, 0.15) is 23.8 Å². The van der Waals surface area contributed by atoms with Gasteiger partial charge in [-0.15, -0.1) is 0 Å². The Hall–Kier alpha value is -2.67. The van der Waals surface area contributed by atoms with Crippen molar-refractivity contribution in [1.29, 1.82) is 0 Å². The molecule has 2 heterocycles. The van der Waals surface area contributed by atoms with Gasteiger partial charge in [-0.25, -0.2) is 9.97 Å². The minimum Gasteiger partial charge on any atom is -0.383 e. The molecule has 27 heavy (non-hydrogen) atoms. The third-order valence-electron chi connectivity index (χ3n) is 4.90. The molecule has 0 bridgehead atoms. The largest absolute Gasteiger partial charge is 0.383 e. The molecule has 1 aromatic heterocycles. The fourth-order valence-electron chi connectivity index (χ4n) is 3.14. The number of nitrogens with zero attached hydrogens (tertiary/aromatic N) is 4. The molecule has 2 aromatic rings. The summed E-state index contributed by atoms with van der Waals surface area (Å²) < 4.78 is 0. The second-order valence-electron chi connectivity index (χ2n) is 6.97. The lowest BCUT2D eigenvalue weighted by atomic mass is 10.1. The van der Waals surface area contributed by atoms with Crippen molar-refractivity contribution in [3.8, 4) is 0 Å². The minimum absolute atomic E-state index is 0.0240.